The van der Waals surface area contributed by atoms with Gasteiger partial charge in [0.25, 0.3) is 0 Å². The van der Waals surface area contributed by atoms with Gasteiger partial charge in [0.15, 0.2) is 5.96 Å². The van der Waals surface area contributed by atoms with Crippen LogP contribution >= 0.6 is 0 Å². The first-order valence-electron chi connectivity index (χ1n) is 7.80. The molecule has 1 heterocycles. The lowest BCUT2D eigenvalue weighted by Gasteiger charge is -2.19. The molecule has 1 aliphatic carbocycles. The summed E-state index contributed by atoms with van der Waals surface area (Å²) in [5.41, 5.74) is 10.6. The Morgan fingerprint density at radius 2 is 2.17 bits per heavy atom. The quantitative estimate of drug-likeness (QED) is 0.668. The summed E-state index contributed by atoms with van der Waals surface area (Å²) in [6.45, 7) is 0.382. The molecule has 0 atom stereocenters. The molecular formula is C17H21N5O. The van der Waals surface area contributed by atoms with Gasteiger partial charge in [-0.25, -0.2) is 9.98 Å². The van der Waals surface area contributed by atoms with Gasteiger partial charge in [-0.15, -0.1) is 0 Å². The highest BCUT2D eigenvalue weighted by Gasteiger charge is 2.13. The molecule has 6 nitrogen and oxygen atoms in total. The van der Waals surface area contributed by atoms with Crippen LogP contribution in [0.5, 0.6) is 6.01 Å². The van der Waals surface area contributed by atoms with E-state index in [9.17, 15) is 0 Å². The fourth-order valence-electron chi connectivity index (χ4n) is 2.80. The monoisotopic (exact) mass is 311 g/mol. The average Bonchev–Trinajstić information content (AvgIpc) is 2.60. The van der Waals surface area contributed by atoms with Gasteiger partial charge >= 0.3 is 6.01 Å². The molecule has 0 unspecified atom stereocenters. The molecule has 1 aliphatic rings. The number of fused-ring (bicyclic) bond motifs is 1. The van der Waals surface area contributed by atoms with Gasteiger partial charge in [0.05, 0.1) is 19.3 Å². The Morgan fingerprint density at radius 3 is 3.04 bits per heavy atom. The summed E-state index contributed by atoms with van der Waals surface area (Å²) in [4.78, 5) is 12.5. The second-order valence-corrected chi connectivity index (χ2v) is 5.51. The lowest BCUT2D eigenvalue weighted by Crippen LogP contribution is -2.24. The van der Waals surface area contributed by atoms with Gasteiger partial charge in [0.1, 0.15) is 0 Å². The lowest BCUT2D eigenvalue weighted by molar-refractivity contribution is 0.378. The molecule has 0 spiro atoms. The van der Waals surface area contributed by atoms with E-state index in [0.717, 1.165) is 24.2 Å². The van der Waals surface area contributed by atoms with E-state index in [-0.39, 0.29) is 0 Å². The molecule has 0 fully saturated rings. The molecule has 6 heteroatoms. The first-order valence-corrected chi connectivity index (χ1v) is 7.80. The number of hydrogen-bond acceptors (Lipinski definition) is 4. The Bertz CT molecular complexity index is 714. The number of nitrogens with two attached hydrogens (primary N) is 1. The molecule has 0 radical (unpaired) electrons. The summed E-state index contributed by atoms with van der Waals surface area (Å²) in [5.74, 6) is 0.390. The van der Waals surface area contributed by atoms with E-state index < -0.39 is 0 Å². The molecule has 23 heavy (non-hydrogen) atoms. The van der Waals surface area contributed by atoms with Crippen molar-refractivity contribution in [3.8, 4) is 6.01 Å². The molecule has 1 aromatic heterocycles. The third-order valence-electron chi connectivity index (χ3n) is 3.94. The third-order valence-corrected chi connectivity index (χ3v) is 3.94. The third kappa shape index (κ3) is 3.77. The maximum absolute atomic E-state index is 6.02. The molecule has 1 aromatic carbocycles. The highest BCUT2D eigenvalue weighted by Crippen LogP contribution is 2.27. The Kier molecular flexibility index (Phi) is 4.71. The number of rotatable bonds is 4. The molecule has 3 rings (SSSR count). The normalized spacial score (nSPS) is 14.2. The van der Waals surface area contributed by atoms with Crippen LogP contribution < -0.4 is 15.8 Å². The van der Waals surface area contributed by atoms with E-state index in [1.54, 1.807) is 12.3 Å². The van der Waals surface area contributed by atoms with Crippen LogP contribution in [0.4, 0.5) is 5.69 Å². The summed E-state index contributed by atoms with van der Waals surface area (Å²) in [5, 5.41) is 3.22. The summed E-state index contributed by atoms with van der Waals surface area (Å²) < 4.78 is 5.00. The average molecular weight is 311 g/mol. The zero-order chi connectivity index (χ0) is 16.1. The molecule has 120 valence electrons. The van der Waals surface area contributed by atoms with Crippen LogP contribution in [0.1, 0.15) is 29.7 Å². The Labute approximate surface area is 135 Å². The summed E-state index contributed by atoms with van der Waals surface area (Å²) in [6, 6.07) is 8.44. The standard InChI is InChI=1S/C17H21N5O/c1-23-17-19-10-9-13(21-17)11-20-16(18)22-15-8-4-6-12-5-2-3-7-14(12)15/h4,6,8-10H,2-3,5,7,11H2,1H3,(H3,18,20,22). The maximum atomic E-state index is 6.02. The van der Waals surface area contributed by atoms with Crippen molar-refractivity contribution < 1.29 is 4.74 Å². The van der Waals surface area contributed by atoms with Crippen molar-refractivity contribution in [2.24, 2.45) is 10.7 Å². The number of anilines is 1. The molecule has 0 aliphatic heterocycles. The Hall–Kier alpha value is -2.63. The minimum atomic E-state index is 0.335. The predicted molar refractivity (Wildman–Crippen MR) is 90.6 cm³/mol. The summed E-state index contributed by atoms with van der Waals surface area (Å²) in [7, 11) is 1.54. The summed E-state index contributed by atoms with van der Waals surface area (Å²) in [6.07, 6.45) is 6.37. The van der Waals surface area contributed by atoms with E-state index in [2.05, 4.69) is 38.5 Å². The number of aryl methyl sites for hydroxylation is 1. The van der Waals surface area contributed by atoms with Gasteiger partial charge in [-0.3, -0.25) is 0 Å². The van der Waals surface area contributed by atoms with Crippen LogP contribution in [0, 0.1) is 0 Å². The van der Waals surface area contributed by atoms with Crippen molar-refractivity contribution in [1.29, 1.82) is 0 Å². The second-order valence-electron chi connectivity index (χ2n) is 5.51. The number of aromatic nitrogens is 2. The number of aliphatic imine (C=N–C) groups is 1. The van der Waals surface area contributed by atoms with Gasteiger partial charge in [-0.05, 0) is 48.9 Å². The van der Waals surface area contributed by atoms with Gasteiger partial charge in [0.2, 0.25) is 0 Å². The Balaban J connectivity index is 1.70. The van der Waals surface area contributed by atoms with Crippen molar-refractivity contribution in [2.75, 3.05) is 12.4 Å². The van der Waals surface area contributed by atoms with Crippen LogP contribution in [0.15, 0.2) is 35.5 Å². The predicted octanol–water partition coefficient (Wildman–Crippen LogP) is 2.29. The van der Waals surface area contributed by atoms with Crippen LogP contribution in [0.3, 0.4) is 0 Å². The van der Waals surface area contributed by atoms with Crippen LogP contribution in [0.2, 0.25) is 0 Å². The van der Waals surface area contributed by atoms with E-state index in [4.69, 9.17) is 10.5 Å². The SMILES string of the molecule is COc1nccc(CN=C(N)Nc2cccc3c2CCCC3)n1. The highest BCUT2D eigenvalue weighted by molar-refractivity contribution is 5.93. The van der Waals surface area contributed by atoms with Crippen molar-refractivity contribution in [2.45, 2.75) is 32.2 Å². The topological polar surface area (TPSA) is 85.4 Å². The number of guanidine groups is 1. The van der Waals surface area contributed by atoms with E-state index in [1.165, 1.54) is 31.1 Å². The fraction of sp³-hybridized carbons (Fsp3) is 0.353. The molecule has 0 saturated heterocycles. The van der Waals surface area contributed by atoms with E-state index in [1.807, 2.05) is 0 Å². The number of methoxy groups -OCH3 is 1. The second kappa shape index (κ2) is 7.09. The molecular weight excluding hydrogens is 290 g/mol. The van der Waals surface area contributed by atoms with Gasteiger partial charge in [-0.1, -0.05) is 12.1 Å². The molecule has 3 N–H and O–H groups in total. The van der Waals surface area contributed by atoms with Crippen LogP contribution in [-0.4, -0.2) is 23.0 Å². The van der Waals surface area contributed by atoms with Gasteiger partial charge in [0, 0.05) is 11.9 Å². The minimum absolute atomic E-state index is 0.335. The van der Waals surface area contributed by atoms with E-state index >= 15 is 0 Å². The smallest absolute Gasteiger partial charge is 0.316 e. The maximum Gasteiger partial charge on any atom is 0.316 e. The van der Waals surface area contributed by atoms with Gasteiger partial charge < -0.3 is 15.8 Å². The fourth-order valence-corrected chi connectivity index (χ4v) is 2.80. The van der Waals surface area contributed by atoms with Crippen molar-refractivity contribution in [3.05, 3.63) is 47.3 Å². The minimum Gasteiger partial charge on any atom is -0.467 e. The van der Waals surface area contributed by atoms with Crippen LogP contribution in [-0.2, 0) is 19.4 Å². The number of hydrogen-bond donors (Lipinski definition) is 2. The zero-order valence-corrected chi connectivity index (χ0v) is 13.2. The number of nitrogens with zero attached hydrogens (tertiary/aromatic N) is 3. The molecule has 0 saturated carbocycles. The highest BCUT2D eigenvalue weighted by atomic mass is 16.5. The molecule has 0 bridgehead atoms. The Morgan fingerprint density at radius 1 is 1.30 bits per heavy atom. The molecule has 2 aromatic rings. The van der Waals surface area contributed by atoms with Crippen molar-refractivity contribution in [3.63, 3.8) is 0 Å². The number of benzene rings is 1. The zero-order valence-electron chi connectivity index (χ0n) is 13.2. The van der Waals surface area contributed by atoms with Crippen molar-refractivity contribution in [1.82, 2.24) is 9.97 Å². The van der Waals surface area contributed by atoms with Crippen molar-refractivity contribution >= 4 is 11.6 Å². The number of nitrogens with one attached hydrogen (secondary N) is 1. The lowest BCUT2D eigenvalue weighted by atomic mass is 9.90. The molecule has 0 amide bonds. The number of ether oxygens (including phenoxy) is 1. The van der Waals surface area contributed by atoms with Crippen LogP contribution in [0.25, 0.3) is 0 Å². The van der Waals surface area contributed by atoms with Gasteiger partial charge in [-0.2, -0.15) is 4.98 Å². The largest absolute Gasteiger partial charge is 0.467 e. The van der Waals surface area contributed by atoms with E-state index in [0.29, 0.717) is 18.5 Å². The first kappa shape index (κ1) is 15.3. The first-order chi connectivity index (χ1) is 11.3. The summed E-state index contributed by atoms with van der Waals surface area (Å²) >= 11 is 0.